The summed E-state index contributed by atoms with van der Waals surface area (Å²) in [7, 11) is 0. The van der Waals surface area contributed by atoms with Gasteiger partial charge in [0.25, 0.3) is 5.56 Å². The molecule has 0 saturated heterocycles. The van der Waals surface area contributed by atoms with Crippen LogP contribution in [0.25, 0.3) is 0 Å². The van der Waals surface area contributed by atoms with Crippen LogP contribution in [0.2, 0.25) is 0 Å². The molecule has 1 heterocycles. The lowest BCUT2D eigenvalue weighted by atomic mass is 9.88. The molecular formula is C24H42N2O3S. The molecule has 1 N–H and O–H groups in total. The maximum atomic E-state index is 12.3. The van der Waals surface area contributed by atoms with Crippen LogP contribution in [0.5, 0.6) is 0 Å². The average molecular weight is 439 g/mol. The first-order valence-electron chi connectivity index (χ1n) is 11.8. The average Bonchev–Trinajstić information content (AvgIpc) is 2.67. The number of carbonyl (C=O) groups excluding carboxylic acids is 1. The summed E-state index contributed by atoms with van der Waals surface area (Å²) < 4.78 is 7.96. The normalized spacial score (nSPS) is 12.5. The lowest BCUT2D eigenvalue weighted by Crippen LogP contribution is -2.24. The lowest BCUT2D eigenvalue weighted by Gasteiger charge is -2.21. The molecule has 0 saturated carbocycles. The molecule has 0 radical (unpaired) electrons. The van der Waals surface area contributed by atoms with Crippen molar-refractivity contribution in [3.05, 3.63) is 27.4 Å². The van der Waals surface area contributed by atoms with Gasteiger partial charge in [0.15, 0.2) is 4.77 Å². The van der Waals surface area contributed by atoms with Gasteiger partial charge in [-0.25, -0.2) is 0 Å². The first-order valence-corrected chi connectivity index (χ1v) is 12.2. The molecule has 6 heteroatoms. The number of carbonyl (C=O) groups is 1. The molecule has 0 aliphatic carbocycles. The molecular weight excluding hydrogens is 396 g/mol. The number of aromatic nitrogens is 2. The van der Waals surface area contributed by atoms with E-state index in [4.69, 9.17) is 17.0 Å². The minimum absolute atomic E-state index is 0.0121. The van der Waals surface area contributed by atoms with E-state index in [1.165, 1.54) is 44.6 Å². The Morgan fingerprint density at radius 1 is 1.00 bits per heavy atom. The van der Waals surface area contributed by atoms with Crippen LogP contribution in [-0.4, -0.2) is 22.1 Å². The number of hydrogen-bond acceptors (Lipinski definition) is 4. The molecule has 0 aromatic carbocycles. The maximum Gasteiger partial charge on any atom is 0.309 e. The lowest BCUT2D eigenvalue weighted by molar-refractivity contribution is -0.151. The SMILES string of the molecule is CC(C)CC(C(=O)OCCCCCCCCCCCn1ccc(=O)[nH]c1=S)C(C)C. The Kier molecular flexibility index (Phi) is 13.6. The number of unbranched alkanes of at least 4 members (excludes halogenated alkanes) is 8. The number of hydrogen-bond donors (Lipinski definition) is 1. The van der Waals surface area contributed by atoms with Gasteiger partial charge in [0.05, 0.1) is 12.5 Å². The van der Waals surface area contributed by atoms with Crippen molar-refractivity contribution < 1.29 is 9.53 Å². The van der Waals surface area contributed by atoms with Crippen LogP contribution in [0.4, 0.5) is 0 Å². The number of nitrogens with one attached hydrogen (secondary N) is 1. The van der Waals surface area contributed by atoms with E-state index in [1.54, 1.807) is 6.20 Å². The molecule has 0 spiro atoms. The summed E-state index contributed by atoms with van der Waals surface area (Å²) in [6.07, 6.45) is 13.3. The quantitative estimate of drug-likeness (QED) is 0.187. The molecule has 1 aromatic heterocycles. The zero-order valence-corrected chi connectivity index (χ0v) is 20.3. The van der Waals surface area contributed by atoms with Crippen LogP contribution in [-0.2, 0) is 16.1 Å². The fourth-order valence-electron chi connectivity index (χ4n) is 3.67. The zero-order chi connectivity index (χ0) is 22.4. The Bertz CT molecular complexity index is 709. The Labute approximate surface area is 187 Å². The van der Waals surface area contributed by atoms with Gasteiger partial charge in [-0.15, -0.1) is 0 Å². The third-order valence-corrected chi connectivity index (χ3v) is 5.85. The van der Waals surface area contributed by atoms with Crippen LogP contribution >= 0.6 is 12.2 Å². The highest BCUT2D eigenvalue weighted by Gasteiger charge is 2.24. The summed E-state index contributed by atoms with van der Waals surface area (Å²) in [6, 6.07) is 1.52. The van der Waals surface area contributed by atoms with E-state index in [9.17, 15) is 9.59 Å². The molecule has 1 rings (SSSR count). The van der Waals surface area contributed by atoms with Gasteiger partial charge in [-0.1, -0.05) is 72.6 Å². The zero-order valence-electron chi connectivity index (χ0n) is 19.5. The highest BCUT2D eigenvalue weighted by atomic mass is 32.1. The van der Waals surface area contributed by atoms with Gasteiger partial charge in [-0.2, -0.15) is 0 Å². The number of aryl methyl sites for hydroxylation is 1. The molecule has 5 nitrogen and oxygen atoms in total. The van der Waals surface area contributed by atoms with Crippen molar-refractivity contribution in [1.29, 1.82) is 0 Å². The van der Waals surface area contributed by atoms with Crippen molar-refractivity contribution in [2.24, 2.45) is 17.8 Å². The largest absolute Gasteiger partial charge is 0.465 e. The molecule has 1 atom stereocenters. The summed E-state index contributed by atoms with van der Waals surface area (Å²) in [6.45, 7) is 9.95. The van der Waals surface area contributed by atoms with Crippen molar-refractivity contribution in [3.63, 3.8) is 0 Å². The summed E-state index contributed by atoms with van der Waals surface area (Å²) in [5.74, 6) is 0.882. The topological polar surface area (TPSA) is 64.1 Å². The van der Waals surface area contributed by atoms with E-state index >= 15 is 0 Å². The monoisotopic (exact) mass is 438 g/mol. The Balaban J connectivity index is 1.97. The highest BCUT2D eigenvalue weighted by Crippen LogP contribution is 2.22. The van der Waals surface area contributed by atoms with Gasteiger partial charge in [-0.3, -0.25) is 14.6 Å². The van der Waals surface area contributed by atoms with Gasteiger partial charge in [-0.05, 0) is 43.3 Å². The van der Waals surface area contributed by atoms with Crippen molar-refractivity contribution in [1.82, 2.24) is 9.55 Å². The number of H-pyrrole nitrogens is 1. The molecule has 0 bridgehead atoms. The summed E-state index contributed by atoms with van der Waals surface area (Å²) in [4.78, 5) is 26.1. The van der Waals surface area contributed by atoms with E-state index in [-0.39, 0.29) is 17.4 Å². The van der Waals surface area contributed by atoms with E-state index in [1.807, 2.05) is 4.57 Å². The maximum absolute atomic E-state index is 12.3. The second kappa shape index (κ2) is 15.4. The molecule has 30 heavy (non-hydrogen) atoms. The predicted molar refractivity (Wildman–Crippen MR) is 126 cm³/mol. The van der Waals surface area contributed by atoms with Gasteiger partial charge >= 0.3 is 5.97 Å². The summed E-state index contributed by atoms with van der Waals surface area (Å²) >= 11 is 5.15. The van der Waals surface area contributed by atoms with E-state index in [0.29, 0.717) is 23.2 Å². The Morgan fingerprint density at radius 2 is 1.57 bits per heavy atom. The smallest absolute Gasteiger partial charge is 0.309 e. The Hall–Kier alpha value is -1.43. The van der Waals surface area contributed by atoms with E-state index in [2.05, 4.69) is 32.7 Å². The van der Waals surface area contributed by atoms with Crippen molar-refractivity contribution in [2.75, 3.05) is 6.61 Å². The molecule has 0 fully saturated rings. The standard InChI is InChI=1S/C24H42N2O3S/c1-19(2)18-21(20(3)4)23(28)29-17-13-11-9-7-5-6-8-10-12-15-26-16-14-22(27)25-24(26)30/h14,16,19-21H,5-13,15,17-18H2,1-4H3,(H,25,27,30). The summed E-state index contributed by atoms with van der Waals surface area (Å²) in [5.41, 5.74) is -0.139. The number of rotatable bonds is 16. The molecule has 0 amide bonds. The van der Waals surface area contributed by atoms with Crippen LogP contribution < -0.4 is 5.56 Å². The van der Waals surface area contributed by atoms with Crippen LogP contribution in [0.3, 0.4) is 0 Å². The number of ether oxygens (including phenoxy) is 1. The van der Waals surface area contributed by atoms with Crippen molar-refractivity contribution >= 4 is 18.2 Å². The van der Waals surface area contributed by atoms with E-state index < -0.39 is 0 Å². The highest BCUT2D eigenvalue weighted by molar-refractivity contribution is 7.71. The van der Waals surface area contributed by atoms with Crippen molar-refractivity contribution in [2.45, 2.75) is 98.4 Å². The van der Waals surface area contributed by atoms with Gasteiger partial charge in [0.2, 0.25) is 0 Å². The fraction of sp³-hybridized carbons (Fsp3) is 0.792. The minimum Gasteiger partial charge on any atom is -0.465 e. The first kappa shape index (κ1) is 26.6. The molecule has 1 aromatic rings. The number of esters is 1. The number of aromatic amines is 1. The predicted octanol–water partition coefficient (Wildman–Crippen LogP) is 6.28. The first-order chi connectivity index (χ1) is 14.3. The second-order valence-corrected chi connectivity index (χ2v) is 9.52. The minimum atomic E-state index is -0.139. The fourth-order valence-corrected chi connectivity index (χ4v) is 3.92. The van der Waals surface area contributed by atoms with Gasteiger partial charge in [0, 0.05) is 18.8 Å². The molecule has 1 unspecified atom stereocenters. The number of nitrogens with zero attached hydrogens (tertiary/aromatic N) is 1. The van der Waals surface area contributed by atoms with Gasteiger partial charge in [0.1, 0.15) is 0 Å². The molecule has 0 aliphatic heterocycles. The van der Waals surface area contributed by atoms with Crippen LogP contribution in [0, 0.1) is 22.5 Å². The second-order valence-electron chi connectivity index (χ2n) is 9.13. The summed E-state index contributed by atoms with van der Waals surface area (Å²) in [5, 5.41) is 0. The van der Waals surface area contributed by atoms with Crippen LogP contribution in [0.15, 0.2) is 17.1 Å². The third kappa shape index (κ3) is 11.7. The van der Waals surface area contributed by atoms with E-state index in [0.717, 1.165) is 32.2 Å². The van der Waals surface area contributed by atoms with Crippen LogP contribution in [0.1, 0.15) is 91.9 Å². The van der Waals surface area contributed by atoms with Gasteiger partial charge < -0.3 is 9.30 Å². The Morgan fingerprint density at radius 3 is 2.10 bits per heavy atom. The third-order valence-electron chi connectivity index (χ3n) is 5.52. The molecule has 172 valence electrons. The molecule has 0 aliphatic rings. The van der Waals surface area contributed by atoms with Crippen molar-refractivity contribution in [3.8, 4) is 0 Å².